The molecule has 0 amide bonds. The van der Waals surface area contributed by atoms with Gasteiger partial charge in [0.1, 0.15) is 0 Å². The van der Waals surface area contributed by atoms with Gasteiger partial charge in [-0.25, -0.2) is 4.98 Å². The van der Waals surface area contributed by atoms with E-state index in [1.54, 1.807) is 0 Å². The predicted octanol–water partition coefficient (Wildman–Crippen LogP) is 6.28. The van der Waals surface area contributed by atoms with Crippen molar-refractivity contribution in [3.05, 3.63) is 53.9 Å². The molecule has 0 atom stereocenters. The average Bonchev–Trinajstić information content (AvgIpc) is 3.05. The summed E-state index contributed by atoms with van der Waals surface area (Å²) in [6.07, 6.45) is 10.8. The van der Waals surface area contributed by atoms with E-state index in [1.807, 2.05) is 30.2 Å². The minimum absolute atomic E-state index is 0.568. The van der Waals surface area contributed by atoms with E-state index in [1.165, 1.54) is 49.0 Å². The fraction of sp³-hybridized carbons (Fsp3) is 0.478. The molecule has 0 radical (unpaired) electrons. The molecule has 4 rings (SSSR count). The SMILES string of the molecule is CC(C)c1ccc(Cn2c(SCC3CCCCC3)nc3ccncc32)cc1. The van der Waals surface area contributed by atoms with Gasteiger partial charge in [-0.05, 0) is 41.9 Å². The normalized spacial score (nSPS) is 15.7. The second-order valence-electron chi connectivity index (χ2n) is 8.06. The molecule has 0 unspecified atom stereocenters. The summed E-state index contributed by atoms with van der Waals surface area (Å²) in [6.45, 7) is 5.34. The van der Waals surface area contributed by atoms with Crippen LogP contribution in [0.5, 0.6) is 0 Å². The first-order chi connectivity index (χ1) is 13.2. The number of rotatable bonds is 6. The number of nitrogens with zero attached hydrogens (tertiary/aromatic N) is 3. The summed E-state index contributed by atoms with van der Waals surface area (Å²) in [5, 5.41) is 1.14. The van der Waals surface area contributed by atoms with Gasteiger partial charge in [0.05, 0.1) is 23.8 Å². The summed E-state index contributed by atoms with van der Waals surface area (Å²) in [4.78, 5) is 9.27. The molecule has 0 N–H and O–H groups in total. The lowest BCUT2D eigenvalue weighted by atomic mass is 9.91. The van der Waals surface area contributed by atoms with Crippen LogP contribution in [0, 0.1) is 5.92 Å². The van der Waals surface area contributed by atoms with Crippen molar-refractivity contribution in [2.75, 3.05) is 5.75 Å². The Hall–Kier alpha value is -1.81. The van der Waals surface area contributed by atoms with Crippen molar-refractivity contribution in [1.82, 2.24) is 14.5 Å². The Bertz CT molecular complexity index is 876. The fourth-order valence-electron chi connectivity index (χ4n) is 3.95. The van der Waals surface area contributed by atoms with E-state index in [4.69, 9.17) is 4.98 Å². The monoisotopic (exact) mass is 379 g/mol. The average molecular weight is 380 g/mol. The molecule has 2 aromatic heterocycles. The molecule has 0 spiro atoms. The number of benzene rings is 1. The second kappa shape index (κ2) is 8.47. The Labute approximate surface area is 166 Å². The summed E-state index contributed by atoms with van der Waals surface area (Å²) >= 11 is 1.93. The second-order valence-corrected chi connectivity index (χ2v) is 9.04. The largest absolute Gasteiger partial charge is 0.313 e. The first-order valence-corrected chi connectivity index (χ1v) is 11.2. The Balaban J connectivity index is 1.57. The van der Waals surface area contributed by atoms with Gasteiger partial charge in [-0.15, -0.1) is 0 Å². The lowest BCUT2D eigenvalue weighted by molar-refractivity contribution is 0.390. The van der Waals surface area contributed by atoms with Crippen LogP contribution >= 0.6 is 11.8 Å². The zero-order valence-corrected chi connectivity index (χ0v) is 17.2. The molecule has 1 fully saturated rings. The van der Waals surface area contributed by atoms with Crippen LogP contribution in [0.25, 0.3) is 11.0 Å². The first-order valence-electron chi connectivity index (χ1n) is 10.2. The van der Waals surface area contributed by atoms with Gasteiger partial charge in [-0.3, -0.25) is 4.98 Å². The van der Waals surface area contributed by atoms with Crippen LogP contribution in [0.2, 0.25) is 0 Å². The zero-order valence-electron chi connectivity index (χ0n) is 16.4. The van der Waals surface area contributed by atoms with E-state index in [0.717, 1.165) is 28.7 Å². The lowest BCUT2D eigenvalue weighted by Crippen LogP contribution is -2.10. The third-order valence-corrected chi connectivity index (χ3v) is 6.88. The molecule has 0 bridgehead atoms. The first kappa shape index (κ1) is 18.5. The van der Waals surface area contributed by atoms with Gasteiger partial charge < -0.3 is 4.57 Å². The highest BCUT2D eigenvalue weighted by atomic mass is 32.2. The summed E-state index contributed by atoms with van der Waals surface area (Å²) in [6, 6.07) is 11.1. The van der Waals surface area contributed by atoms with E-state index >= 15 is 0 Å². The third-order valence-electron chi connectivity index (χ3n) is 5.68. The van der Waals surface area contributed by atoms with Crippen molar-refractivity contribution in [1.29, 1.82) is 0 Å². The van der Waals surface area contributed by atoms with Crippen LogP contribution in [-0.4, -0.2) is 20.3 Å². The molecule has 0 saturated heterocycles. The molecule has 2 heterocycles. The number of pyridine rings is 1. The highest BCUT2D eigenvalue weighted by Gasteiger charge is 2.17. The molecule has 4 heteroatoms. The van der Waals surface area contributed by atoms with Gasteiger partial charge in [-0.1, -0.05) is 69.1 Å². The van der Waals surface area contributed by atoms with Gasteiger partial charge in [0.15, 0.2) is 5.16 Å². The molecule has 142 valence electrons. The molecular formula is C23H29N3S. The van der Waals surface area contributed by atoms with E-state index in [9.17, 15) is 0 Å². The van der Waals surface area contributed by atoms with E-state index in [2.05, 4.69) is 47.7 Å². The summed E-state index contributed by atoms with van der Waals surface area (Å²) in [7, 11) is 0. The lowest BCUT2D eigenvalue weighted by Gasteiger charge is -2.21. The molecule has 1 aliphatic rings. The van der Waals surface area contributed by atoms with Crippen molar-refractivity contribution in [3.63, 3.8) is 0 Å². The smallest absolute Gasteiger partial charge is 0.169 e. The van der Waals surface area contributed by atoms with Crippen LogP contribution in [0.3, 0.4) is 0 Å². The maximum absolute atomic E-state index is 4.92. The zero-order chi connectivity index (χ0) is 18.6. The van der Waals surface area contributed by atoms with Crippen molar-refractivity contribution < 1.29 is 0 Å². The van der Waals surface area contributed by atoms with Crippen LogP contribution < -0.4 is 0 Å². The fourth-order valence-corrected chi connectivity index (χ4v) is 5.15. The summed E-state index contributed by atoms with van der Waals surface area (Å²) in [5.74, 6) is 2.60. The van der Waals surface area contributed by atoms with Crippen molar-refractivity contribution in [3.8, 4) is 0 Å². The molecule has 0 aliphatic heterocycles. The van der Waals surface area contributed by atoms with Crippen LogP contribution in [0.1, 0.15) is 63.0 Å². The molecule has 1 aliphatic carbocycles. The van der Waals surface area contributed by atoms with Crippen LogP contribution in [0.4, 0.5) is 0 Å². The number of hydrogen-bond donors (Lipinski definition) is 0. The molecule has 1 saturated carbocycles. The topological polar surface area (TPSA) is 30.7 Å². The van der Waals surface area contributed by atoms with Crippen molar-refractivity contribution in [2.45, 2.75) is 63.6 Å². The Morgan fingerprint density at radius 2 is 1.85 bits per heavy atom. The molecule has 27 heavy (non-hydrogen) atoms. The van der Waals surface area contributed by atoms with Crippen LogP contribution in [0.15, 0.2) is 47.9 Å². The van der Waals surface area contributed by atoms with Crippen molar-refractivity contribution in [2.24, 2.45) is 5.92 Å². The number of aromatic nitrogens is 3. The molecule has 1 aromatic carbocycles. The van der Waals surface area contributed by atoms with Crippen LogP contribution in [-0.2, 0) is 6.54 Å². The van der Waals surface area contributed by atoms with Gasteiger partial charge >= 0.3 is 0 Å². The van der Waals surface area contributed by atoms with Gasteiger partial charge in [-0.2, -0.15) is 0 Å². The standard InChI is InChI=1S/C23H29N3S/c1-17(2)20-10-8-18(9-11-20)15-26-22-14-24-13-12-21(22)25-23(26)27-16-19-6-4-3-5-7-19/h8-14,17,19H,3-7,15-16H2,1-2H3. The van der Waals surface area contributed by atoms with E-state index in [-0.39, 0.29) is 0 Å². The highest BCUT2D eigenvalue weighted by molar-refractivity contribution is 7.99. The number of thioether (sulfide) groups is 1. The number of hydrogen-bond acceptors (Lipinski definition) is 3. The predicted molar refractivity (Wildman–Crippen MR) is 114 cm³/mol. The van der Waals surface area contributed by atoms with E-state index in [0.29, 0.717) is 5.92 Å². The maximum atomic E-state index is 4.92. The van der Waals surface area contributed by atoms with E-state index < -0.39 is 0 Å². The number of fused-ring (bicyclic) bond motifs is 1. The minimum atomic E-state index is 0.568. The molecular weight excluding hydrogens is 350 g/mol. The highest BCUT2D eigenvalue weighted by Crippen LogP contribution is 2.31. The summed E-state index contributed by atoms with van der Waals surface area (Å²) < 4.78 is 2.35. The maximum Gasteiger partial charge on any atom is 0.169 e. The van der Waals surface area contributed by atoms with Gasteiger partial charge in [0.2, 0.25) is 0 Å². The Morgan fingerprint density at radius 1 is 1.07 bits per heavy atom. The Kier molecular flexibility index (Phi) is 5.82. The molecule has 3 nitrogen and oxygen atoms in total. The Morgan fingerprint density at radius 3 is 2.59 bits per heavy atom. The van der Waals surface area contributed by atoms with Gasteiger partial charge in [0, 0.05) is 11.9 Å². The van der Waals surface area contributed by atoms with Gasteiger partial charge in [0.25, 0.3) is 0 Å². The third kappa shape index (κ3) is 4.37. The number of imidazole rings is 1. The molecule has 3 aromatic rings. The van der Waals surface area contributed by atoms with Crippen molar-refractivity contribution >= 4 is 22.8 Å². The minimum Gasteiger partial charge on any atom is -0.313 e. The quantitative estimate of drug-likeness (QED) is 0.473. The summed E-state index contributed by atoms with van der Waals surface area (Å²) in [5.41, 5.74) is 4.90.